The van der Waals surface area contributed by atoms with Crippen LogP contribution in [-0.4, -0.2) is 26.4 Å². The van der Waals surface area contributed by atoms with E-state index in [-0.39, 0.29) is 6.10 Å². The summed E-state index contributed by atoms with van der Waals surface area (Å²) >= 11 is 13.2. The molecule has 3 nitrogen and oxygen atoms in total. The van der Waals surface area contributed by atoms with Crippen LogP contribution in [0.5, 0.6) is 0 Å². The Morgan fingerprint density at radius 3 is 2.39 bits per heavy atom. The first-order chi connectivity index (χ1) is 14.8. The number of nitrogens with zero attached hydrogens (tertiary/aromatic N) is 1. The van der Waals surface area contributed by atoms with Crippen LogP contribution in [0, 0.1) is 29.1 Å². The topological polar surface area (TPSA) is 34.1 Å². The molecule has 0 aliphatic heterocycles. The third-order valence-corrected chi connectivity index (χ3v) is 14.3. The van der Waals surface area contributed by atoms with E-state index in [1.807, 2.05) is 0 Å². The first kappa shape index (κ1) is 24.0. The summed E-state index contributed by atoms with van der Waals surface area (Å²) in [4.78, 5) is 4.17. The predicted octanol–water partition coefficient (Wildman–Crippen LogP) is 7.50. The van der Waals surface area contributed by atoms with Crippen LogP contribution in [0.3, 0.4) is 0 Å². The molecule has 2 bridgehead atoms. The Labute approximate surface area is 200 Å². The second kappa shape index (κ2) is 9.62. The van der Waals surface area contributed by atoms with Gasteiger partial charge in [-0.25, -0.2) is 0 Å². The van der Waals surface area contributed by atoms with Crippen LogP contribution < -0.4 is 5.32 Å². The van der Waals surface area contributed by atoms with Crippen LogP contribution in [0.4, 0.5) is 0 Å². The standard InChI is InChI=1S/C25H40Cl2N2OSi/c1-5-31(6-2,7-3)30-23(24-21(26)13-28-14-22(24)27)15-29-16-25-10-17(4)8-18-9-19(11-25)20(18)12-25/h13-14,17-20,23,29H,5-12,15-16H2,1-4H3. The molecule has 1 aromatic heterocycles. The largest absolute Gasteiger partial charge is 0.409 e. The first-order valence-electron chi connectivity index (χ1n) is 12.5. The van der Waals surface area contributed by atoms with Gasteiger partial charge in [0, 0.05) is 31.0 Å². The summed E-state index contributed by atoms with van der Waals surface area (Å²) in [5, 5.41) is 5.11. The van der Waals surface area contributed by atoms with E-state index in [0.29, 0.717) is 15.5 Å². The summed E-state index contributed by atoms with van der Waals surface area (Å²) in [5.74, 6) is 3.87. The summed E-state index contributed by atoms with van der Waals surface area (Å²) in [6.45, 7) is 11.2. The second-order valence-corrected chi connectivity index (χ2v) is 16.4. The lowest BCUT2D eigenvalue weighted by Gasteiger charge is -2.43. The number of aromatic nitrogens is 1. The van der Waals surface area contributed by atoms with Gasteiger partial charge in [0.15, 0.2) is 8.32 Å². The number of hydrogen-bond acceptors (Lipinski definition) is 3. The van der Waals surface area contributed by atoms with Crippen LogP contribution in [0.15, 0.2) is 12.4 Å². The Morgan fingerprint density at radius 2 is 1.74 bits per heavy atom. The van der Waals surface area contributed by atoms with E-state index in [1.54, 1.807) is 12.4 Å². The zero-order valence-electron chi connectivity index (χ0n) is 19.7. The highest BCUT2D eigenvalue weighted by Gasteiger charge is 2.56. The molecule has 31 heavy (non-hydrogen) atoms. The third-order valence-electron chi connectivity index (χ3n) is 9.03. The van der Waals surface area contributed by atoms with E-state index in [1.165, 1.54) is 32.1 Å². The zero-order valence-corrected chi connectivity index (χ0v) is 22.2. The maximum Gasteiger partial charge on any atom is 0.192 e. The summed E-state index contributed by atoms with van der Waals surface area (Å²) in [5.41, 5.74) is 1.39. The Bertz CT molecular complexity index is 741. The number of hydrogen-bond donors (Lipinski definition) is 1. The quantitative estimate of drug-likeness (QED) is 0.350. The van der Waals surface area contributed by atoms with Gasteiger partial charge in [0.1, 0.15) is 0 Å². The molecule has 0 radical (unpaired) electrons. The highest BCUT2D eigenvalue weighted by atomic mass is 35.5. The van der Waals surface area contributed by atoms with Crippen molar-refractivity contribution in [1.29, 1.82) is 0 Å². The molecule has 6 unspecified atom stereocenters. The Kier molecular flexibility index (Phi) is 7.45. The summed E-state index contributed by atoms with van der Waals surface area (Å²) < 4.78 is 6.95. The number of rotatable bonds is 10. The van der Waals surface area contributed by atoms with E-state index in [0.717, 1.165) is 60.5 Å². The molecule has 6 atom stereocenters. The number of pyridine rings is 1. The van der Waals surface area contributed by atoms with Gasteiger partial charge in [0.05, 0.1) is 16.1 Å². The summed E-state index contributed by atoms with van der Waals surface area (Å²) in [6.07, 6.45) is 10.5. The van der Waals surface area contributed by atoms with Gasteiger partial charge in [-0.1, -0.05) is 50.9 Å². The molecular formula is C25H40Cl2N2OSi. The van der Waals surface area contributed by atoms with Crippen molar-refractivity contribution in [2.24, 2.45) is 29.1 Å². The van der Waals surface area contributed by atoms with Crippen molar-refractivity contribution in [3.8, 4) is 0 Å². The Morgan fingerprint density at radius 1 is 1.06 bits per heavy atom. The monoisotopic (exact) mass is 482 g/mol. The lowest BCUT2D eigenvalue weighted by molar-refractivity contribution is 0.0737. The van der Waals surface area contributed by atoms with Crippen molar-refractivity contribution in [3.05, 3.63) is 28.0 Å². The SMILES string of the molecule is CC[Si](CC)(CC)OC(CNCC12CC(C)CC3CC(C1)C3C2)c1c(Cl)cncc1Cl. The highest BCUT2D eigenvalue weighted by Crippen LogP contribution is 2.64. The number of halogens is 2. The number of fused-ring (bicyclic) bond motifs is 1. The van der Waals surface area contributed by atoms with Crippen LogP contribution >= 0.6 is 23.2 Å². The van der Waals surface area contributed by atoms with E-state index in [2.05, 4.69) is 38.0 Å². The fourth-order valence-corrected chi connectivity index (χ4v) is 10.7. The second-order valence-electron chi connectivity index (χ2n) is 10.9. The van der Waals surface area contributed by atoms with Gasteiger partial charge < -0.3 is 9.74 Å². The fourth-order valence-electron chi connectivity index (χ4n) is 7.33. The minimum Gasteiger partial charge on any atom is -0.409 e. The van der Waals surface area contributed by atoms with Crippen molar-refractivity contribution in [2.45, 2.75) is 84.0 Å². The van der Waals surface area contributed by atoms with Gasteiger partial charge in [-0.3, -0.25) is 4.98 Å². The van der Waals surface area contributed by atoms with Crippen LogP contribution in [0.1, 0.15) is 71.5 Å². The maximum absolute atomic E-state index is 6.95. The Balaban J connectivity index is 1.50. The fraction of sp³-hybridized carbons (Fsp3) is 0.800. The van der Waals surface area contributed by atoms with E-state index >= 15 is 0 Å². The lowest BCUT2D eigenvalue weighted by Crippen LogP contribution is -2.42. The Hall–Kier alpha value is -0.133. The van der Waals surface area contributed by atoms with E-state index < -0.39 is 8.32 Å². The molecular weight excluding hydrogens is 443 g/mol. The molecule has 3 aliphatic rings. The highest BCUT2D eigenvalue weighted by molar-refractivity contribution is 6.73. The van der Waals surface area contributed by atoms with Gasteiger partial charge in [0.25, 0.3) is 0 Å². The van der Waals surface area contributed by atoms with Crippen LogP contribution in [-0.2, 0) is 4.43 Å². The average molecular weight is 484 g/mol. The van der Waals surface area contributed by atoms with Gasteiger partial charge in [-0.05, 0) is 79.3 Å². The molecule has 1 aromatic rings. The number of nitrogens with one attached hydrogen (secondary N) is 1. The van der Waals surface area contributed by atoms with Crippen molar-refractivity contribution >= 4 is 31.5 Å². The lowest BCUT2D eigenvalue weighted by atomic mass is 9.63. The third kappa shape index (κ3) is 4.75. The minimum absolute atomic E-state index is 0.111. The molecule has 4 rings (SSSR count). The molecule has 174 valence electrons. The van der Waals surface area contributed by atoms with Gasteiger partial charge >= 0.3 is 0 Å². The van der Waals surface area contributed by atoms with Crippen molar-refractivity contribution < 1.29 is 4.43 Å². The van der Waals surface area contributed by atoms with Crippen molar-refractivity contribution in [2.75, 3.05) is 13.1 Å². The van der Waals surface area contributed by atoms with Crippen molar-refractivity contribution in [1.82, 2.24) is 10.3 Å². The van der Waals surface area contributed by atoms with Crippen LogP contribution in [0.25, 0.3) is 0 Å². The zero-order chi connectivity index (χ0) is 22.2. The first-order valence-corrected chi connectivity index (χ1v) is 15.8. The molecule has 0 spiro atoms. The van der Waals surface area contributed by atoms with Gasteiger partial charge in [-0.15, -0.1) is 0 Å². The molecule has 0 amide bonds. The van der Waals surface area contributed by atoms with Gasteiger partial charge in [-0.2, -0.15) is 0 Å². The molecule has 1 heterocycles. The molecule has 3 fully saturated rings. The predicted molar refractivity (Wildman–Crippen MR) is 133 cm³/mol. The summed E-state index contributed by atoms with van der Waals surface area (Å²) in [7, 11) is -1.82. The molecule has 6 heteroatoms. The molecule has 0 saturated heterocycles. The van der Waals surface area contributed by atoms with Gasteiger partial charge in [0.2, 0.25) is 0 Å². The normalized spacial score (nSPS) is 33.1. The molecule has 3 aliphatic carbocycles. The van der Waals surface area contributed by atoms with Crippen LogP contribution in [0.2, 0.25) is 28.2 Å². The molecule has 3 saturated carbocycles. The summed E-state index contributed by atoms with van der Waals surface area (Å²) in [6, 6.07) is 3.34. The van der Waals surface area contributed by atoms with E-state index in [9.17, 15) is 0 Å². The van der Waals surface area contributed by atoms with E-state index in [4.69, 9.17) is 27.6 Å². The average Bonchev–Trinajstić information content (AvgIpc) is 2.95. The maximum atomic E-state index is 6.95. The molecule has 1 N–H and O–H groups in total. The smallest absolute Gasteiger partial charge is 0.192 e. The molecule has 0 aromatic carbocycles. The minimum atomic E-state index is -1.82. The van der Waals surface area contributed by atoms with Crippen molar-refractivity contribution in [3.63, 3.8) is 0 Å².